The van der Waals surface area contributed by atoms with E-state index in [0.29, 0.717) is 5.95 Å². The molecular weight excluding hydrogens is 267 g/mol. The first-order valence-electron chi connectivity index (χ1n) is 7.41. The third-order valence-corrected chi connectivity index (χ3v) is 3.64. The molecule has 0 fully saturated rings. The average Bonchev–Trinajstić information content (AvgIpc) is 2.95. The van der Waals surface area contributed by atoms with Crippen molar-refractivity contribution in [1.82, 2.24) is 9.97 Å². The predicted octanol–water partition coefficient (Wildman–Crippen LogP) is 3.67. The number of anilines is 3. The van der Waals surface area contributed by atoms with Crippen LogP contribution in [0.5, 0.6) is 0 Å². The second-order valence-electron chi connectivity index (χ2n) is 5.28. The summed E-state index contributed by atoms with van der Waals surface area (Å²) < 4.78 is 13.8. The molecule has 0 unspecified atom stereocenters. The van der Waals surface area contributed by atoms with Gasteiger partial charge in [-0.1, -0.05) is 13.0 Å². The lowest BCUT2D eigenvalue weighted by Gasteiger charge is -2.10. The molecule has 110 valence electrons. The van der Waals surface area contributed by atoms with Crippen LogP contribution >= 0.6 is 0 Å². The average molecular weight is 286 g/mol. The van der Waals surface area contributed by atoms with Gasteiger partial charge >= 0.3 is 0 Å². The Morgan fingerprint density at radius 2 is 2.10 bits per heavy atom. The normalized spacial score (nSPS) is 13.0. The molecule has 1 aliphatic rings. The minimum Gasteiger partial charge on any atom is -0.354 e. The molecule has 4 nitrogen and oxygen atoms in total. The first kappa shape index (κ1) is 13.8. The number of aromatic nitrogens is 2. The molecule has 3 rings (SSSR count). The van der Waals surface area contributed by atoms with E-state index >= 15 is 0 Å². The van der Waals surface area contributed by atoms with Crippen molar-refractivity contribution < 1.29 is 4.39 Å². The highest BCUT2D eigenvalue weighted by molar-refractivity contribution is 5.59. The molecular formula is C16H19FN4. The van der Waals surface area contributed by atoms with Crippen molar-refractivity contribution in [2.24, 2.45) is 0 Å². The van der Waals surface area contributed by atoms with Crippen molar-refractivity contribution in [3.63, 3.8) is 0 Å². The van der Waals surface area contributed by atoms with Crippen molar-refractivity contribution >= 4 is 17.5 Å². The van der Waals surface area contributed by atoms with Crippen LogP contribution in [0.3, 0.4) is 0 Å². The van der Waals surface area contributed by atoms with Crippen molar-refractivity contribution in [1.29, 1.82) is 0 Å². The Balaban J connectivity index is 1.80. The molecule has 2 aromatic rings. The molecule has 0 spiro atoms. The smallest absolute Gasteiger partial charge is 0.224 e. The van der Waals surface area contributed by atoms with Crippen LogP contribution in [0.1, 0.15) is 30.9 Å². The highest BCUT2D eigenvalue weighted by Gasteiger charge is 2.12. The van der Waals surface area contributed by atoms with Gasteiger partial charge in [-0.3, -0.25) is 0 Å². The number of benzene rings is 1. The maximum absolute atomic E-state index is 13.8. The zero-order valence-electron chi connectivity index (χ0n) is 12.1. The van der Waals surface area contributed by atoms with Gasteiger partial charge < -0.3 is 10.6 Å². The fourth-order valence-corrected chi connectivity index (χ4v) is 2.56. The van der Waals surface area contributed by atoms with Gasteiger partial charge in [-0.15, -0.1) is 0 Å². The van der Waals surface area contributed by atoms with Crippen molar-refractivity contribution in [3.8, 4) is 0 Å². The minimum atomic E-state index is -0.447. The summed E-state index contributed by atoms with van der Waals surface area (Å²) in [7, 11) is 0. The number of halogens is 1. The highest BCUT2D eigenvalue weighted by atomic mass is 19.1. The van der Waals surface area contributed by atoms with Gasteiger partial charge in [-0.2, -0.15) is 4.98 Å². The van der Waals surface area contributed by atoms with Gasteiger partial charge in [0.2, 0.25) is 5.95 Å². The molecule has 0 atom stereocenters. The van der Waals surface area contributed by atoms with Crippen LogP contribution in [-0.2, 0) is 12.8 Å². The number of hydrogen-bond acceptors (Lipinski definition) is 4. The van der Waals surface area contributed by atoms with E-state index in [1.165, 1.54) is 23.7 Å². The summed E-state index contributed by atoms with van der Waals surface area (Å²) in [5, 5.41) is 6.11. The maximum Gasteiger partial charge on any atom is 0.224 e. The molecule has 5 heteroatoms. The van der Waals surface area contributed by atoms with Gasteiger partial charge in [-0.25, -0.2) is 9.37 Å². The van der Waals surface area contributed by atoms with Crippen LogP contribution in [0.4, 0.5) is 21.8 Å². The van der Waals surface area contributed by atoms with Crippen LogP contribution in [0, 0.1) is 5.82 Å². The van der Waals surface area contributed by atoms with Gasteiger partial charge in [0.1, 0.15) is 0 Å². The quantitative estimate of drug-likeness (QED) is 0.880. The number of hydrogen-bond donors (Lipinski definition) is 2. The molecule has 0 radical (unpaired) electrons. The molecule has 1 aromatic carbocycles. The number of aryl methyl sites for hydroxylation is 2. The lowest BCUT2D eigenvalue weighted by atomic mass is 10.1. The SMILES string of the molecule is CCCNc1ncc(F)c(Nc2ccc3c(c2)CCC3)n1. The van der Waals surface area contributed by atoms with Crippen LogP contribution in [-0.4, -0.2) is 16.5 Å². The van der Waals surface area contributed by atoms with E-state index in [0.717, 1.165) is 31.5 Å². The molecule has 1 aromatic heterocycles. The van der Waals surface area contributed by atoms with Crippen LogP contribution in [0.15, 0.2) is 24.4 Å². The molecule has 0 saturated heterocycles. The Morgan fingerprint density at radius 1 is 1.24 bits per heavy atom. The molecule has 1 aliphatic carbocycles. The van der Waals surface area contributed by atoms with E-state index in [2.05, 4.69) is 39.7 Å². The summed E-state index contributed by atoms with van der Waals surface area (Å²) in [6.45, 7) is 2.82. The summed E-state index contributed by atoms with van der Waals surface area (Å²) in [4.78, 5) is 8.13. The van der Waals surface area contributed by atoms with E-state index in [-0.39, 0.29) is 5.82 Å². The second kappa shape index (κ2) is 6.08. The molecule has 0 amide bonds. The minimum absolute atomic E-state index is 0.210. The molecule has 1 heterocycles. The van der Waals surface area contributed by atoms with Gasteiger partial charge in [-0.05, 0) is 48.9 Å². The second-order valence-corrected chi connectivity index (χ2v) is 5.28. The summed E-state index contributed by atoms with van der Waals surface area (Å²) in [6.07, 6.45) is 5.60. The maximum atomic E-state index is 13.8. The summed E-state index contributed by atoms with van der Waals surface area (Å²) in [5.74, 6) is 0.209. The fourth-order valence-electron chi connectivity index (χ4n) is 2.56. The number of nitrogens with zero attached hydrogens (tertiary/aromatic N) is 2. The van der Waals surface area contributed by atoms with Crippen LogP contribution in [0.2, 0.25) is 0 Å². The lowest BCUT2D eigenvalue weighted by molar-refractivity contribution is 0.619. The first-order chi connectivity index (χ1) is 10.3. The standard InChI is InChI=1S/C16H19FN4/c1-2-8-18-16-19-10-14(17)15(21-16)20-13-7-6-11-4-3-5-12(11)9-13/h6-7,9-10H,2-5,8H2,1H3,(H2,18,19,20,21). The topological polar surface area (TPSA) is 49.8 Å². The highest BCUT2D eigenvalue weighted by Crippen LogP contribution is 2.27. The Hall–Kier alpha value is -2.17. The number of nitrogens with one attached hydrogen (secondary N) is 2. The molecule has 0 bridgehead atoms. The Bertz CT molecular complexity index is 642. The Labute approximate surface area is 123 Å². The first-order valence-corrected chi connectivity index (χ1v) is 7.41. The Morgan fingerprint density at radius 3 is 2.95 bits per heavy atom. The molecule has 0 saturated carbocycles. The van der Waals surface area contributed by atoms with Crippen molar-refractivity contribution in [2.45, 2.75) is 32.6 Å². The van der Waals surface area contributed by atoms with Crippen LogP contribution in [0.25, 0.3) is 0 Å². The van der Waals surface area contributed by atoms with Gasteiger partial charge in [0.05, 0.1) is 6.20 Å². The van der Waals surface area contributed by atoms with E-state index in [1.807, 2.05) is 6.07 Å². The monoisotopic (exact) mass is 286 g/mol. The fraction of sp³-hybridized carbons (Fsp3) is 0.375. The van der Waals surface area contributed by atoms with Crippen molar-refractivity contribution in [3.05, 3.63) is 41.3 Å². The largest absolute Gasteiger partial charge is 0.354 e. The van der Waals surface area contributed by atoms with E-state index in [9.17, 15) is 4.39 Å². The van der Waals surface area contributed by atoms with E-state index < -0.39 is 5.82 Å². The molecule has 2 N–H and O–H groups in total. The number of rotatable bonds is 5. The van der Waals surface area contributed by atoms with Gasteiger partial charge in [0.15, 0.2) is 11.6 Å². The Kier molecular flexibility index (Phi) is 3.99. The van der Waals surface area contributed by atoms with Gasteiger partial charge in [0.25, 0.3) is 0 Å². The predicted molar refractivity (Wildman–Crippen MR) is 82.5 cm³/mol. The van der Waals surface area contributed by atoms with Gasteiger partial charge in [0, 0.05) is 12.2 Å². The summed E-state index contributed by atoms with van der Waals surface area (Å²) in [6, 6.07) is 6.17. The summed E-state index contributed by atoms with van der Waals surface area (Å²) >= 11 is 0. The zero-order valence-corrected chi connectivity index (χ0v) is 12.1. The van der Waals surface area contributed by atoms with E-state index in [1.54, 1.807) is 0 Å². The third kappa shape index (κ3) is 3.12. The molecule has 21 heavy (non-hydrogen) atoms. The third-order valence-electron chi connectivity index (χ3n) is 3.64. The zero-order chi connectivity index (χ0) is 14.7. The van der Waals surface area contributed by atoms with Crippen LogP contribution < -0.4 is 10.6 Å². The van der Waals surface area contributed by atoms with Crippen molar-refractivity contribution in [2.75, 3.05) is 17.2 Å². The number of fused-ring (bicyclic) bond motifs is 1. The van der Waals surface area contributed by atoms with E-state index in [4.69, 9.17) is 0 Å². The summed E-state index contributed by atoms with van der Waals surface area (Å²) in [5.41, 5.74) is 3.61. The molecule has 0 aliphatic heterocycles. The lowest BCUT2D eigenvalue weighted by Crippen LogP contribution is -2.07.